The van der Waals surface area contributed by atoms with Crippen molar-refractivity contribution in [1.82, 2.24) is 9.97 Å². The van der Waals surface area contributed by atoms with Crippen molar-refractivity contribution in [3.05, 3.63) is 77.6 Å². The van der Waals surface area contributed by atoms with Crippen LogP contribution in [0, 0.1) is 6.92 Å². The van der Waals surface area contributed by atoms with Gasteiger partial charge in [-0.3, -0.25) is 4.79 Å². The second-order valence-electron chi connectivity index (χ2n) is 6.29. The van der Waals surface area contributed by atoms with Crippen LogP contribution in [0.4, 0.5) is 17.3 Å². The number of rotatable bonds is 6. The smallest absolute Gasteiger partial charge is 0.277 e. The minimum atomic E-state index is -0.141. The zero-order valence-electron chi connectivity index (χ0n) is 15.9. The molecule has 1 heterocycles. The predicted octanol–water partition coefficient (Wildman–Crippen LogP) is 4.76. The van der Waals surface area contributed by atoms with Crippen molar-refractivity contribution in [2.75, 3.05) is 16.8 Å². The van der Waals surface area contributed by atoms with Crippen LogP contribution in [0.5, 0.6) is 0 Å². The third kappa shape index (κ3) is 4.31. The number of amides is 1. The standard InChI is InChI=1S/C22H24N4O/c1-4-17-10-6-7-12-19(17)24-22-23-14-13-20(25-22)21(27)26(5-2)18-11-8-9-16(3)15-18/h6-15H,4-5H2,1-3H3,(H,23,24,25). The first kappa shape index (κ1) is 18.6. The number of carbonyl (C=O) groups excluding carboxylic acids is 1. The fourth-order valence-corrected chi connectivity index (χ4v) is 2.99. The van der Waals surface area contributed by atoms with E-state index >= 15 is 0 Å². The lowest BCUT2D eigenvalue weighted by Crippen LogP contribution is -2.31. The summed E-state index contributed by atoms with van der Waals surface area (Å²) >= 11 is 0. The quantitative estimate of drug-likeness (QED) is 0.689. The van der Waals surface area contributed by atoms with E-state index in [0.717, 1.165) is 23.4 Å². The van der Waals surface area contributed by atoms with Gasteiger partial charge >= 0.3 is 0 Å². The Kier molecular flexibility index (Phi) is 5.81. The fraction of sp³-hybridized carbons (Fsp3) is 0.227. The van der Waals surface area contributed by atoms with Crippen LogP contribution in [0.25, 0.3) is 0 Å². The van der Waals surface area contributed by atoms with Gasteiger partial charge in [0.2, 0.25) is 5.95 Å². The molecule has 1 N–H and O–H groups in total. The van der Waals surface area contributed by atoms with E-state index in [9.17, 15) is 4.79 Å². The lowest BCUT2D eigenvalue weighted by molar-refractivity contribution is 0.0983. The minimum absolute atomic E-state index is 0.141. The number of hydrogen-bond acceptors (Lipinski definition) is 4. The lowest BCUT2D eigenvalue weighted by atomic mass is 10.1. The van der Waals surface area contributed by atoms with Gasteiger partial charge in [-0.1, -0.05) is 37.3 Å². The summed E-state index contributed by atoms with van der Waals surface area (Å²) < 4.78 is 0. The van der Waals surface area contributed by atoms with Crippen molar-refractivity contribution in [3.8, 4) is 0 Å². The predicted molar refractivity (Wildman–Crippen MR) is 110 cm³/mol. The Bertz CT molecular complexity index is 939. The number of para-hydroxylation sites is 1. The second-order valence-corrected chi connectivity index (χ2v) is 6.29. The maximum atomic E-state index is 13.0. The van der Waals surface area contributed by atoms with E-state index in [1.807, 2.05) is 56.3 Å². The molecule has 0 atom stereocenters. The number of aromatic nitrogens is 2. The van der Waals surface area contributed by atoms with E-state index in [0.29, 0.717) is 18.2 Å². The molecule has 138 valence electrons. The van der Waals surface area contributed by atoms with Crippen LogP contribution < -0.4 is 10.2 Å². The number of hydrogen-bond donors (Lipinski definition) is 1. The highest BCUT2D eigenvalue weighted by molar-refractivity contribution is 6.04. The van der Waals surface area contributed by atoms with E-state index < -0.39 is 0 Å². The van der Waals surface area contributed by atoms with Crippen LogP contribution in [-0.2, 0) is 6.42 Å². The summed E-state index contributed by atoms with van der Waals surface area (Å²) in [6.07, 6.45) is 2.51. The Morgan fingerprint density at radius 3 is 2.63 bits per heavy atom. The second kappa shape index (κ2) is 8.45. The molecule has 0 saturated carbocycles. The molecule has 1 aromatic heterocycles. The molecule has 0 bridgehead atoms. The van der Waals surface area contributed by atoms with Gasteiger partial charge in [0, 0.05) is 24.1 Å². The van der Waals surface area contributed by atoms with Crippen LogP contribution >= 0.6 is 0 Å². The van der Waals surface area contributed by atoms with Crippen molar-refractivity contribution < 1.29 is 4.79 Å². The van der Waals surface area contributed by atoms with Crippen LogP contribution in [0.3, 0.4) is 0 Å². The summed E-state index contributed by atoms with van der Waals surface area (Å²) in [5, 5.41) is 3.23. The zero-order chi connectivity index (χ0) is 19.2. The van der Waals surface area contributed by atoms with Crippen LogP contribution in [0.15, 0.2) is 60.8 Å². The average Bonchev–Trinajstić information content (AvgIpc) is 2.69. The maximum Gasteiger partial charge on any atom is 0.277 e. The molecule has 3 rings (SSSR count). The average molecular weight is 360 g/mol. The summed E-state index contributed by atoms with van der Waals surface area (Å²) in [5.41, 5.74) is 4.47. The number of nitrogens with zero attached hydrogens (tertiary/aromatic N) is 3. The van der Waals surface area contributed by atoms with E-state index in [4.69, 9.17) is 0 Å². The van der Waals surface area contributed by atoms with Gasteiger partial charge in [0.05, 0.1) is 0 Å². The van der Waals surface area contributed by atoms with Gasteiger partial charge in [-0.05, 0) is 55.7 Å². The summed E-state index contributed by atoms with van der Waals surface area (Å²) in [6.45, 7) is 6.63. The van der Waals surface area contributed by atoms with Crippen molar-refractivity contribution in [2.45, 2.75) is 27.2 Å². The molecule has 0 unspecified atom stereocenters. The molecule has 0 aliphatic carbocycles. The molecular formula is C22H24N4O. The molecule has 1 amide bonds. The molecule has 0 saturated heterocycles. The van der Waals surface area contributed by atoms with Crippen molar-refractivity contribution in [3.63, 3.8) is 0 Å². The molecule has 0 radical (unpaired) electrons. The normalized spacial score (nSPS) is 10.5. The van der Waals surface area contributed by atoms with Gasteiger partial charge in [0.25, 0.3) is 5.91 Å². The van der Waals surface area contributed by atoms with Crippen LogP contribution in [-0.4, -0.2) is 22.4 Å². The molecule has 0 fully saturated rings. The molecule has 5 heteroatoms. The van der Waals surface area contributed by atoms with Crippen molar-refractivity contribution in [2.24, 2.45) is 0 Å². The maximum absolute atomic E-state index is 13.0. The van der Waals surface area contributed by atoms with Crippen molar-refractivity contribution >= 4 is 23.2 Å². The van der Waals surface area contributed by atoms with Gasteiger partial charge in [-0.25, -0.2) is 9.97 Å². The van der Waals surface area contributed by atoms with Gasteiger partial charge in [-0.15, -0.1) is 0 Å². The third-order valence-corrected chi connectivity index (χ3v) is 4.39. The lowest BCUT2D eigenvalue weighted by Gasteiger charge is -2.21. The molecule has 0 aliphatic rings. The molecular weight excluding hydrogens is 336 g/mol. The van der Waals surface area contributed by atoms with Gasteiger partial charge in [0.1, 0.15) is 5.69 Å². The molecule has 5 nitrogen and oxygen atoms in total. The van der Waals surface area contributed by atoms with E-state index in [1.54, 1.807) is 17.2 Å². The summed E-state index contributed by atoms with van der Waals surface area (Å²) in [5.74, 6) is 0.277. The first-order chi connectivity index (χ1) is 13.1. The number of carbonyl (C=O) groups is 1. The third-order valence-electron chi connectivity index (χ3n) is 4.39. The molecule has 3 aromatic rings. The first-order valence-electron chi connectivity index (χ1n) is 9.19. The summed E-state index contributed by atoms with van der Waals surface area (Å²) in [7, 11) is 0. The Balaban J connectivity index is 1.87. The first-order valence-corrected chi connectivity index (χ1v) is 9.19. The van der Waals surface area contributed by atoms with E-state index in [2.05, 4.69) is 28.3 Å². The van der Waals surface area contributed by atoms with Gasteiger partial charge < -0.3 is 10.2 Å². The summed E-state index contributed by atoms with van der Waals surface area (Å²) in [6, 6.07) is 17.6. The van der Waals surface area contributed by atoms with E-state index in [-0.39, 0.29) is 5.91 Å². The number of aryl methyl sites for hydroxylation is 2. The largest absolute Gasteiger partial charge is 0.324 e. The van der Waals surface area contributed by atoms with Gasteiger partial charge in [-0.2, -0.15) is 0 Å². The Hall–Kier alpha value is -3.21. The number of benzene rings is 2. The Labute approximate surface area is 160 Å². The Morgan fingerprint density at radius 1 is 1.07 bits per heavy atom. The van der Waals surface area contributed by atoms with Crippen molar-refractivity contribution in [1.29, 1.82) is 0 Å². The molecule has 2 aromatic carbocycles. The minimum Gasteiger partial charge on any atom is -0.324 e. The number of anilines is 3. The van der Waals surface area contributed by atoms with Gasteiger partial charge in [0.15, 0.2) is 0 Å². The van der Waals surface area contributed by atoms with Crippen LogP contribution in [0.2, 0.25) is 0 Å². The SMILES string of the molecule is CCc1ccccc1Nc1nccc(C(=O)N(CC)c2cccc(C)c2)n1. The molecule has 0 aliphatic heterocycles. The molecule has 27 heavy (non-hydrogen) atoms. The topological polar surface area (TPSA) is 58.1 Å². The fourth-order valence-electron chi connectivity index (χ4n) is 2.99. The highest BCUT2D eigenvalue weighted by Crippen LogP contribution is 2.21. The highest BCUT2D eigenvalue weighted by Gasteiger charge is 2.18. The zero-order valence-corrected chi connectivity index (χ0v) is 15.9. The summed E-state index contributed by atoms with van der Waals surface area (Å²) in [4.78, 5) is 23.5. The van der Waals surface area contributed by atoms with Crippen LogP contribution in [0.1, 0.15) is 35.5 Å². The monoisotopic (exact) mass is 360 g/mol. The highest BCUT2D eigenvalue weighted by atomic mass is 16.2. The Morgan fingerprint density at radius 2 is 1.89 bits per heavy atom. The molecule has 0 spiro atoms. The number of nitrogens with one attached hydrogen (secondary N) is 1. The van der Waals surface area contributed by atoms with E-state index in [1.165, 1.54) is 5.56 Å².